The average molecular weight is 362 g/mol. The van der Waals surface area contributed by atoms with Crippen LogP contribution in [0.25, 0.3) is 22.8 Å². The average Bonchev–Trinajstić information content (AvgIpc) is 3.09. The van der Waals surface area contributed by atoms with Crippen molar-refractivity contribution in [1.82, 2.24) is 15.0 Å². The number of nitrogens with zero attached hydrogens (tertiary/aromatic N) is 3. The van der Waals surface area contributed by atoms with Crippen molar-refractivity contribution in [2.75, 3.05) is 0 Å². The SMILES string of the molecule is Oc1ccc(Cl)cc1C/C=C/c1ccc(-n2nnc3ccccc32)cc1. The molecule has 0 spiro atoms. The molecule has 0 amide bonds. The highest BCUT2D eigenvalue weighted by molar-refractivity contribution is 6.30. The number of phenols is 1. The Bertz CT molecular complexity index is 1080. The van der Waals surface area contributed by atoms with E-state index in [1.807, 2.05) is 65.4 Å². The van der Waals surface area contributed by atoms with Gasteiger partial charge in [0.25, 0.3) is 0 Å². The maximum absolute atomic E-state index is 9.85. The second-order valence-corrected chi connectivity index (χ2v) is 6.40. The summed E-state index contributed by atoms with van der Waals surface area (Å²) >= 11 is 5.97. The predicted molar refractivity (Wildman–Crippen MR) is 105 cm³/mol. The smallest absolute Gasteiger partial charge is 0.119 e. The van der Waals surface area contributed by atoms with Gasteiger partial charge in [0.05, 0.1) is 11.2 Å². The van der Waals surface area contributed by atoms with Crippen LogP contribution in [0.1, 0.15) is 11.1 Å². The van der Waals surface area contributed by atoms with E-state index in [2.05, 4.69) is 10.3 Å². The molecule has 0 fully saturated rings. The fourth-order valence-electron chi connectivity index (χ4n) is 2.83. The standard InChI is InChI=1S/C21H16ClN3O/c22-17-10-13-21(26)16(14-17)5-3-4-15-8-11-18(12-9-15)25-20-7-2-1-6-19(20)23-24-25/h1-4,6-14,26H,5H2/b4-3+. The molecule has 0 unspecified atom stereocenters. The minimum atomic E-state index is 0.257. The van der Waals surface area contributed by atoms with Gasteiger partial charge in [0.1, 0.15) is 11.3 Å². The molecule has 26 heavy (non-hydrogen) atoms. The van der Waals surface area contributed by atoms with Crippen LogP contribution in [0.15, 0.2) is 72.8 Å². The first kappa shape index (κ1) is 16.4. The number of para-hydroxylation sites is 1. The maximum Gasteiger partial charge on any atom is 0.119 e. The fraction of sp³-hybridized carbons (Fsp3) is 0.0476. The van der Waals surface area contributed by atoms with Crippen LogP contribution in [0.4, 0.5) is 0 Å². The van der Waals surface area contributed by atoms with Crippen LogP contribution < -0.4 is 0 Å². The quantitative estimate of drug-likeness (QED) is 0.554. The van der Waals surface area contributed by atoms with Crippen molar-refractivity contribution < 1.29 is 5.11 Å². The second-order valence-electron chi connectivity index (χ2n) is 5.96. The molecule has 0 saturated carbocycles. The molecule has 0 aliphatic rings. The predicted octanol–water partition coefficient (Wildman–Crippen LogP) is 5.04. The number of halogens is 1. The van der Waals surface area contributed by atoms with E-state index in [0.29, 0.717) is 11.4 Å². The van der Waals surface area contributed by atoms with Gasteiger partial charge in [0, 0.05) is 5.02 Å². The lowest BCUT2D eigenvalue weighted by molar-refractivity contribution is 0.470. The molecule has 0 radical (unpaired) electrons. The zero-order valence-electron chi connectivity index (χ0n) is 13.9. The summed E-state index contributed by atoms with van der Waals surface area (Å²) < 4.78 is 1.83. The number of hydrogen-bond donors (Lipinski definition) is 1. The van der Waals surface area contributed by atoms with Crippen molar-refractivity contribution >= 4 is 28.7 Å². The summed E-state index contributed by atoms with van der Waals surface area (Å²) in [6, 6.07) is 21.0. The van der Waals surface area contributed by atoms with E-state index >= 15 is 0 Å². The topological polar surface area (TPSA) is 50.9 Å². The number of hydrogen-bond acceptors (Lipinski definition) is 3. The van der Waals surface area contributed by atoms with E-state index in [9.17, 15) is 5.11 Å². The van der Waals surface area contributed by atoms with E-state index in [1.54, 1.807) is 18.2 Å². The van der Waals surface area contributed by atoms with Crippen LogP contribution in [0.5, 0.6) is 5.75 Å². The van der Waals surface area contributed by atoms with Crippen molar-refractivity contribution in [1.29, 1.82) is 0 Å². The first-order valence-corrected chi connectivity index (χ1v) is 8.63. The van der Waals surface area contributed by atoms with Gasteiger partial charge in [-0.3, -0.25) is 0 Å². The Morgan fingerprint density at radius 1 is 1.00 bits per heavy atom. The first-order chi connectivity index (χ1) is 12.7. The summed E-state index contributed by atoms with van der Waals surface area (Å²) in [5.74, 6) is 0.257. The third-order valence-corrected chi connectivity index (χ3v) is 4.41. The number of fused-ring (bicyclic) bond motifs is 1. The highest BCUT2D eigenvalue weighted by Gasteiger charge is 2.05. The van der Waals surface area contributed by atoms with E-state index in [4.69, 9.17) is 11.6 Å². The van der Waals surface area contributed by atoms with Crippen molar-refractivity contribution in [2.45, 2.75) is 6.42 Å². The Morgan fingerprint density at radius 3 is 2.65 bits per heavy atom. The van der Waals surface area contributed by atoms with Gasteiger partial charge in [0.2, 0.25) is 0 Å². The van der Waals surface area contributed by atoms with Gasteiger partial charge < -0.3 is 5.11 Å². The van der Waals surface area contributed by atoms with Gasteiger partial charge in [-0.15, -0.1) is 5.10 Å². The molecule has 0 saturated heterocycles. The lowest BCUT2D eigenvalue weighted by atomic mass is 10.1. The molecule has 4 rings (SSSR count). The summed E-state index contributed by atoms with van der Waals surface area (Å²) in [6.07, 6.45) is 4.64. The van der Waals surface area contributed by atoms with Crippen molar-refractivity contribution in [3.63, 3.8) is 0 Å². The lowest BCUT2D eigenvalue weighted by Crippen LogP contribution is -1.96. The fourth-order valence-corrected chi connectivity index (χ4v) is 3.02. The van der Waals surface area contributed by atoms with Crippen molar-refractivity contribution in [2.24, 2.45) is 0 Å². The Hall–Kier alpha value is -3.11. The molecule has 1 aromatic heterocycles. The molecule has 5 heteroatoms. The normalized spacial score (nSPS) is 11.4. The molecule has 4 aromatic rings. The van der Waals surface area contributed by atoms with Gasteiger partial charge in [0.15, 0.2) is 0 Å². The van der Waals surface area contributed by atoms with Crippen LogP contribution in [-0.4, -0.2) is 20.1 Å². The number of phenolic OH excluding ortho intramolecular Hbond substituents is 1. The van der Waals surface area contributed by atoms with Gasteiger partial charge in [-0.2, -0.15) is 0 Å². The molecule has 0 atom stereocenters. The van der Waals surface area contributed by atoms with Gasteiger partial charge in [-0.1, -0.05) is 53.2 Å². The summed E-state index contributed by atoms with van der Waals surface area (Å²) in [5.41, 5.74) is 4.69. The van der Waals surface area contributed by atoms with Gasteiger partial charge >= 0.3 is 0 Å². The van der Waals surface area contributed by atoms with Crippen LogP contribution in [0, 0.1) is 0 Å². The minimum Gasteiger partial charge on any atom is -0.508 e. The first-order valence-electron chi connectivity index (χ1n) is 8.25. The third kappa shape index (κ3) is 3.32. The Kier molecular flexibility index (Phi) is 4.42. The minimum absolute atomic E-state index is 0.257. The highest BCUT2D eigenvalue weighted by atomic mass is 35.5. The largest absolute Gasteiger partial charge is 0.508 e. The monoisotopic (exact) mass is 361 g/mol. The number of allylic oxidation sites excluding steroid dienone is 1. The van der Waals surface area contributed by atoms with Crippen LogP contribution in [0.2, 0.25) is 5.02 Å². The third-order valence-electron chi connectivity index (χ3n) is 4.18. The zero-order chi connectivity index (χ0) is 17.9. The lowest BCUT2D eigenvalue weighted by Gasteiger charge is -2.03. The molecule has 0 bridgehead atoms. The molecule has 128 valence electrons. The number of aromatic hydroxyl groups is 1. The van der Waals surface area contributed by atoms with E-state index in [1.165, 1.54) is 0 Å². The molecule has 1 heterocycles. The Balaban J connectivity index is 1.52. The van der Waals surface area contributed by atoms with Crippen molar-refractivity contribution in [3.05, 3.63) is 89.0 Å². The van der Waals surface area contributed by atoms with Crippen LogP contribution >= 0.6 is 11.6 Å². The van der Waals surface area contributed by atoms with Crippen LogP contribution in [0.3, 0.4) is 0 Å². The molecule has 1 N–H and O–H groups in total. The summed E-state index contributed by atoms with van der Waals surface area (Å²) in [5, 5.41) is 18.9. The second kappa shape index (κ2) is 7.02. The number of rotatable bonds is 4. The molecule has 0 aliphatic carbocycles. The number of aromatic nitrogens is 3. The van der Waals surface area contributed by atoms with Crippen molar-refractivity contribution in [3.8, 4) is 11.4 Å². The van der Waals surface area contributed by atoms with E-state index in [0.717, 1.165) is 27.8 Å². The molecular weight excluding hydrogens is 346 g/mol. The summed E-state index contributed by atoms with van der Waals surface area (Å²) in [7, 11) is 0. The molecule has 3 aromatic carbocycles. The van der Waals surface area contributed by atoms with E-state index < -0.39 is 0 Å². The molecule has 0 aliphatic heterocycles. The zero-order valence-corrected chi connectivity index (χ0v) is 14.6. The summed E-state index contributed by atoms with van der Waals surface area (Å²) in [6.45, 7) is 0. The maximum atomic E-state index is 9.85. The van der Waals surface area contributed by atoms with Gasteiger partial charge in [-0.25, -0.2) is 4.68 Å². The summed E-state index contributed by atoms with van der Waals surface area (Å²) in [4.78, 5) is 0. The van der Waals surface area contributed by atoms with Gasteiger partial charge in [-0.05, 0) is 60.0 Å². The Labute approximate surface area is 156 Å². The molecule has 4 nitrogen and oxygen atoms in total. The molecular formula is C21H16ClN3O. The number of benzene rings is 3. The highest BCUT2D eigenvalue weighted by Crippen LogP contribution is 2.22. The van der Waals surface area contributed by atoms with E-state index in [-0.39, 0.29) is 5.75 Å². The van der Waals surface area contributed by atoms with Crippen LogP contribution in [-0.2, 0) is 6.42 Å². The Morgan fingerprint density at radius 2 is 1.81 bits per heavy atom.